The molecule has 1 aromatic heterocycles. The van der Waals surface area contributed by atoms with E-state index in [0.29, 0.717) is 31.1 Å². The van der Waals surface area contributed by atoms with Crippen LogP contribution in [0.2, 0.25) is 0 Å². The molecule has 2 aliphatic heterocycles. The van der Waals surface area contributed by atoms with Crippen LogP contribution in [0.3, 0.4) is 0 Å². The Morgan fingerprint density at radius 1 is 1.12 bits per heavy atom. The number of carbonyl (C=O) groups excluding carboxylic acids is 2. The highest BCUT2D eigenvalue weighted by Gasteiger charge is 2.37. The van der Waals surface area contributed by atoms with Crippen LogP contribution in [0.1, 0.15) is 77.0 Å². The van der Waals surface area contributed by atoms with Gasteiger partial charge in [-0.2, -0.15) is 5.10 Å². The van der Waals surface area contributed by atoms with Gasteiger partial charge in [0.15, 0.2) is 5.69 Å². The number of aryl methyl sites for hydroxylation is 1. The van der Waals surface area contributed by atoms with Crippen LogP contribution in [0.4, 0.5) is 0 Å². The number of carbonyl (C=O) groups is 2. The molecule has 1 N–H and O–H groups in total. The molecule has 7 nitrogen and oxygen atoms in total. The summed E-state index contributed by atoms with van der Waals surface area (Å²) in [6, 6.07) is 6.52. The molecule has 2 fully saturated rings. The predicted octanol–water partition coefficient (Wildman–Crippen LogP) is 2.99. The van der Waals surface area contributed by atoms with Gasteiger partial charge in [0.25, 0.3) is 5.91 Å². The van der Waals surface area contributed by atoms with Crippen molar-refractivity contribution in [2.75, 3.05) is 26.2 Å². The van der Waals surface area contributed by atoms with Crippen molar-refractivity contribution in [1.82, 2.24) is 19.6 Å². The third-order valence-corrected chi connectivity index (χ3v) is 8.17. The molecule has 3 aliphatic rings. The summed E-state index contributed by atoms with van der Waals surface area (Å²) in [6.07, 6.45) is 5.21. The maximum absolute atomic E-state index is 13.2. The Kier molecular flexibility index (Phi) is 6.00. The first kappa shape index (κ1) is 23.1. The third-order valence-electron chi connectivity index (χ3n) is 8.17. The van der Waals surface area contributed by atoms with Gasteiger partial charge in [-0.1, -0.05) is 18.2 Å². The summed E-state index contributed by atoms with van der Waals surface area (Å²) in [6.45, 7) is 8.72. The van der Waals surface area contributed by atoms with Gasteiger partial charge in [0.2, 0.25) is 5.91 Å². The lowest BCUT2D eigenvalue weighted by Gasteiger charge is -2.33. The van der Waals surface area contributed by atoms with E-state index >= 15 is 0 Å². The standard InChI is InChI=1S/C27H36N4O3/c1-18-6-4-7-21(19(18)2)20-10-13-29(14-11-20)24(32)16-31-23-9-5-8-22(23)25(28-31)26(33)30-15-12-27(3,34)17-30/h4,6-7,20,34H,5,8-17H2,1-3H3. The number of nitrogens with zero attached hydrogens (tertiary/aromatic N) is 4. The predicted molar refractivity (Wildman–Crippen MR) is 130 cm³/mol. The van der Waals surface area contributed by atoms with Crippen molar-refractivity contribution in [2.45, 2.75) is 77.4 Å². The number of hydrogen-bond donors (Lipinski definition) is 1. The van der Waals surface area contributed by atoms with Crippen molar-refractivity contribution >= 4 is 11.8 Å². The highest BCUT2D eigenvalue weighted by molar-refractivity contribution is 5.94. The second kappa shape index (κ2) is 8.84. The first-order chi connectivity index (χ1) is 16.2. The van der Waals surface area contributed by atoms with Crippen LogP contribution in [0, 0.1) is 13.8 Å². The van der Waals surface area contributed by atoms with Crippen LogP contribution in [0.15, 0.2) is 18.2 Å². The quantitative estimate of drug-likeness (QED) is 0.755. The molecule has 0 bridgehead atoms. The summed E-state index contributed by atoms with van der Waals surface area (Å²) in [5, 5.41) is 14.9. The number of rotatable bonds is 4. The first-order valence-corrected chi connectivity index (χ1v) is 12.7. The third kappa shape index (κ3) is 4.26. The zero-order valence-corrected chi connectivity index (χ0v) is 20.6. The number of benzene rings is 1. The molecule has 2 amide bonds. The Morgan fingerprint density at radius 2 is 1.88 bits per heavy atom. The minimum atomic E-state index is -0.833. The molecule has 2 saturated heterocycles. The zero-order valence-electron chi connectivity index (χ0n) is 20.6. The molecule has 1 unspecified atom stereocenters. The average Bonchev–Trinajstić information content (AvgIpc) is 3.51. The Bertz CT molecular complexity index is 1110. The van der Waals surface area contributed by atoms with E-state index in [4.69, 9.17) is 0 Å². The summed E-state index contributed by atoms with van der Waals surface area (Å²) >= 11 is 0. The topological polar surface area (TPSA) is 78.7 Å². The van der Waals surface area contributed by atoms with E-state index < -0.39 is 5.60 Å². The van der Waals surface area contributed by atoms with Gasteiger partial charge in [-0.15, -0.1) is 0 Å². The molecule has 5 rings (SSSR count). The molecule has 2 aromatic rings. The molecule has 34 heavy (non-hydrogen) atoms. The summed E-state index contributed by atoms with van der Waals surface area (Å²) in [5.41, 5.74) is 5.79. The van der Waals surface area contributed by atoms with Crippen molar-refractivity contribution in [1.29, 1.82) is 0 Å². The molecule has 0 spiro atoms. The van der Waals surface area contributed by atoms with Crippen molar-refractivity contribution in [3.8, 4) is 0 Å². The second-order valence-electron chi connectivity index (χ2n) is 10.7. The Morgan fingerprint density at radius 3 is 2.59 bits per heavy atom. The normalized spacial score (nSPS) is 22.9. The molecule has 7 heteroatoms. The number of β-amino-alcohol motifs (C(OH)–C–C–N with tert-alkyl or cyclic N) is 1. The number of aliphatic hydroxyl groups is 1. The minimum absolute atomic E-state index is 0.0831. The van der Waals surface area contributed by atoms with Crippen LogP contribution >= 0.6 is 0 Å². The molecule has 1 aliphatic carbocycles. The van der Waals surface area contributed by atoms with Crippen molar-refractivity contribution in [3.05, 3.63) is 51.8 Å². The van der Waals surface area contributed by atoms with E-state index in [0.717, 1.165) is 56.5 Å². The molecule has 0 radical (unpaired) electrons. The van der Waals surface area contributed by atoms with Crippen molar-refractivity contribution in [2.24, 2.45) is 0 Å². The average molecular weight is 465 g/mol. The van der Waals surface area contributed by atoms with E-state index in [9.17, 15) is 14.7 Å². The molecule has 3 heterocycles. The summed E-state index contributed by atoms with van der Waals surface area (Å²) in [7, 11) is 0. The fourth-order valence-corrected chi connectivity index (χ4v) is 5.96. The minimum Gasteiger partial charge on any atom is -0.388 e. The van der Waals surface area contributed by atoms with Crippen LogP contribution in [-0.2, 0) is 24.2 Å². The second-order valence-corrected chi connectivity index (χ2v) is 10.7. The SMILES string of the molecule is Cc1cccc(C2CCN(C(=O)Cn3nc(C(=O)N4CCC(C)(O)C4)c4c3CCC4)CC2)c1C. The van der Waals surface area contributed by atoms with E-state index in [1.807, 2.05) is 4.90 Å². The van der Waals surface area contributed by atoms with Crippen molar-refractivity contribution < 1.29 is 14.7 Å². The highest BCUT2D eigenvalue weighted by atomic mass is 16.3. The van der Waals surface area contributed by atoms with Gasteiger partial charge in [-0.25, -0.2) is 0 Å². The van der Waals surface area contributed by atoms with Gasteiger partial charge in [-0.3, -0.25) is 14.3 Å². The molecule has 182 valence electrons. The lowest BCUT2D eigenvalue weighted by atomic mass is 9.85. The molecular weight excluding hydrogens is 428 g/mol. The number of fused-ring (bicyclic) bond motifs is 1. The maximum atomic E-state index is 13.2. The zero-order chi connectivity index (χ0) is 24.0. The van der Waals surface area contributed by atoms with Crippen LogP contribution < -0.4 is 0 Å². The van der Waals surface area contributed by atoms with E-state index in [2.05, 4.69) is 37.1 Å². The number of hydrogen-bond acceptors (Lipinski definition) is 4. The van der Waals surface area contributed by atoms with Gasteiger partial charge in [0.1, 0.15) is 6.54 Å². The maximum Gasteiger partial charge on any atom is 0.274 e. The molecular formula is C27H36N4O3. The molecule has 0 saturated carbocycles. The smallest absolute Gasteiger partial charge is 0.274 e. The van der Waals surface area contributed by atoms with E-state index in [-0.39, 0.29) is 18.4 Å². The number of amides is 2. The van der Waals surface area contributed by atoms with Crippen LogP contribution in [0.5, 0.6) is 0 Å². The Balaban J connectivity index is 1.25. The lowest BCUT2D eigenvalue weighted by Crippen LogP contribution is -2.40. The fourth-order valence-electron chi connectivity index (χ4n) is 5.96. The van der Waals surface area contributed by atoms with Crippen molar-refractivity contribution in [3.63, 3.8) is 0 Å². The number of likely N-dealkylation sites (tertiary alicyclic amines) is 2. The Hall–Kier alpha value is -2.67. The first-order valence-electron chi connectivity index (χ1n) is 12.7. The Labute approximate surface area is 201 Å². The van der Waals surface area contributed by atoms with Gasteiger partial charge in [-0.05, 0) is 81.9 Å². The van der Waals surface area contributed by atoms with E-state index in [1.165, 1.54) is 16.7 Å². The monoisotopic (exact) mass is 464 g/mol. The van der Waals surface area contributed by atoms with Gasteiger partial charge < -0.3 is 14.9 Å². The molecule has 1 atom stereocenters. The summed E-state index contributed by atoms with van der Waals surface area (Å²) < 4.78 is 1.78. The van der Waals surface area contributed by atoms with Gasteiger partial charge in [0, 0.05) is 37.4 Å². The lowest BCUT2D eigenvalue weighted by molar-refractivity contribution is -0.133. The van der Waals surface area contributed by atoms with Crippen LogP contribution in [0.25, 0.3) is 0 Å². The molecule has 1 aromatic carbocycles. The van der Waals surface area contributed by atoms with E-state index in [1.54, 1.807) is 16.5 Å². The van der Waals surface area contributed by atoms with Crippen LogP contribution in [-0.4, -0.2) is 68.3 Å². The highest BCUT2D eigenvalue weighted by Crippen LogP contribution is 2.32. The van der Waals surface area contributed by atoms with Gasteiger partial charge in [0.05, 0.1) is 5.60 Å². The largest absolute Gasteiger partial charge is 0.388 e. The fraction of sp³-hybridized carbons (Fsp3) is 0.593. The summed E-state index contributed by atoms with van der Waals surface area (Å²) in [4.78, 5) is 30.0. The number of piperidine rings is 1. The number of aromatic nitrogens is 2. The summed E-state index contributed by atoms with van der Waals surface area (Å²) in [5.74, 6) is 0.468. The van der Waals surface area contributed by atoms with Gasteiger partial charge >= 0.3 is 0 Å².